The summed E-state index contributed by atoms with van der Waals surface area (Å²) in [6.45, 7) is 0. The summed E-state index contributed by atoms with van der Waals surface area (Å²) in [6, 6.07) is 3.41. The fourth-order valence-electron chi connectivity index (χ4n) is 0.951. The molecule has 1 rings (SSSR count). The molecule has 66 valence electrons. The lowest BCUT2D eigenvalue weighted by Gasteiger charge is -2.00. The smallest absolute Gasteiger partial charge is 0.159 e. The van der Waals surface area contributed by atoms with Crippen LogP contribution in [-0.4, -0.2) is 6.29 Å². The molecule has 2 nitrogen and oxygen atoms in total. The minimum absolute atomic E-state index is 0.0143. The Morgan fingerprint density at radius 2 is 2.00 bits per heavy atom. The van der Waals surface area contributed by atoms with Gasteiger partial charge in [-0.2, -0.15) is 5.26 Å². The van der Waals surface area contributed by atoms with Crippen molar-refractivity contribution in [1.82, 2.24) is 0 Å². The molecule has 0 N–H and O–H groups in total. The van der Waals surface area contributed by atoms with Gasteiger partial charge in [0.15, 0.2) is 11.6 Å². The molecule has 1 aromatic rings. The standard InChI is InChI=1S/C9H5F2NO/c10-8-3-6(1-2-12)7(5-13)4-9(8)11/h3-5H,1H2. The molecule has 0 amide bonds. The van der Waals surface area contributed by atoms with Crippen molar-refractivity contribution in [3.63, 3.8) is 0 Å². The third-order valence-electron chi connectivity index (χ3n) is 1.58. The molecule has 0 aromatic heterocycles. The van der Waals surface area contributed by atoms with Gasteiger partial charge in [0.2, 0.25) is 0 Å². The van der Waals surface area contributed by atoms with Crippen LogP contribution in [0, 0.1) is 23.0 Å². The van der Waals surface area contributed by atoms with Crippen LogP contribution in [0.2, 0.25) is 0 Å². The predicted molar refractivity (Wildman–Crippen MR) is 41.1 cm³/mol. The summed E-state index contributed by atoms with van der Waals surface area (Å²) < 4.78 is 25.2. The first-order chi connectivity index (χ1) is 6.19. The van der Waals surface area contributed by atoms with Crippen molar-refractivity contribution in [2.24, 2.45) is 0 Å². The van der Waals surface area contributed by atoms with E-state index in [9.17, 15) is 13.6 Å². The van der Waals surface area contributed by atoms with Gasteiger partial charge in [-0.15, -0.1) is 0 Å². The van der Waals surface area contributed by atoms with Crippen molar-refractivity contribution >= 4 is 6.29 Å². The van der Waals surface area contributed by atoms with Gasteiger partial charge in [-0.05, 0) is 17.7 Å². The number of hydrogen-bond donors (Lipinski definition) is 0. The highest BCUT2D eigenvalue weighted by Crippen LogP contribution is 2.13. The molecule has 0 aliphatic carbocycles. The van der Waals surface area contributed by atoms with Crippen molar-refractivity contribution in [1.29, 1.82) is 5.26 Å². The fraction of sp³-hybridized carbons (Fsp3) is 0.111. The van der Waals surface area contributed by atoms with E-state index in [1.165, 1.54) is 0 Å². The Balaban J connectivity index is 3.26. The van der Waals surface area contributed by atoms with Crippen LogP contribution in [0.4, 0.5) is 8.78 Å². The van der Waals surface area contributed by atoms with Gasteiger partial charge in [0, 0.05) is 5.56 Å². The van der Waals surface area contributed by atoms with Crippen molar-refractivity contribution in [3.8, 4) is 6.07 Å². The van der Waals surface area contributed by atoms with E-state index in [0.717, 1.165) is 12.1 Å². The Morgan fingerprint density at radius 1 is 1.38 bits per heavy atom. The maximum atomic E-state index is 12.6. The molecule has 0 radical (unpaired) electrons. The SMILES string of the molecule is N#CCc1cc(F)c(F)cc1C=O. The summed E-state index contributed by atoms with van der Waals surface area (Å²) in [5.74, 6) is -2.13. The predicted octanol–water partition coefficient (Wildman–Crippen LogP) is 1.84. The van der Waals surface area contributed by atoms with Gasteiger partial charge >= 0.3 is 0 Å². The zero-order valence-electron chi connectivity index (χ0n) is 6.55. The summed E-state index contributed by atoms with van der Waals surface area (Å²) >= 11 is 0. The van der Waals surface area contributed by atoms with Crippen LogP contribution < -0.4 is 0 Å². The lowest BCUT2D eigenvalue weighted by molar-refractivity contribution is 0.112. The molecular weight excluding hydrogens is 176 g/mol. The summed E-state index contributed by atoms with van der Waals surface area (Å²) in [7, 11) is 0. The number of benzene rings is 1. The number of nitrogens with zero attached hydrogens (tertiary/aromatic N) is 1. The van der Waals surface area contributed by atoms with E-state index in [1.54, 1.807) is 6.07 Å². The van der Waals surface area contributed by atoms with Gasteiger partial charge in [0.1, 0.15) is 6.29 Å². The van der Waals surface area contributed by atoms with Gasteiger partial charge in [0.05, 0.1) is 12.5 Å². The Morgan fingerprint density at radius 3 is 2.54 bits per heavy atom. The van der Waals surface area contributed by atoms with E-state index in [4.69, 9.17) is 5.26 Å². The number of nitriles is 1. The Kier molecular flexibility index (Phi) is 2.70. The Bertz CT molecular complexity index is 382. The Hall–Kier alpha value is -1.76. The van der Waals surface area contributed by atoms with Crippen LogP contribution in [-0.2, 0) is 6.42 Å². The van der Waals surface area contributed by atoms with E-state index in [2.05, 4.69) is 0 Å². The quantitative estimate of drug-likeness (QED) is 0.653. The highest BCUT2D eigenvalue weighted by Gasteiger charge is 2.08. The van der Waals surface area contributed by atoms with Crippen molar-refractivity contribution < 1.29 is 13.6 Å². The molecule has 0 heterocycles. The average molecular weight is 181 g/mol. The van der Waals surface area contributed by atoms with E-state index in [0.29, 0.717) is 6.29 Å². The van der Waals surface area contributed by atoms with Gasteiger partial charge in [-0.25, -0.2) is 8.78 Å². The summed E-state index contributed by atoms with van der Waals surface area (Å²) in [5.41, 5.74) is 0.219. The number of carbonyl (C=O) groups excluding carboxylic acids is 1. The zero-order valence-corrected chi connectivity index (χ0v) is 6.55. The monoisotopic (exact) mass is 181 g/mol. The van der Waals surface area contributed by atoms with Crippen molar-refractivity contribution in [2.45, 2.75) is 6.42 Å². The molecular formula is C9H5F2NO. The third-order valence-corrected chi connectivity index (χ3v) is 1.58. The lowest BCUT2D eigenvalue weighted by Crippen LogP contribution is -1.96. The van der Waals surface area contributed by atoms with E-state index in [-0.39, 0.29) is 17.5 Å². The van der Waals surface area contributed by atoms with Crippen LogP contribution in [0.1, 0.15) is 15.9 Å². The van der Waals surface area contributed by atoms with E-state index >= 15 is 0 Å². The maximum absolute atomic E-state index is 12.6. The molecule has 4 heteroatoms. The second-order valence-corrected chi connectivity index (χ2v) is 2.42. The first-order valence-corrected chi connectivity index (χ1v) is 3.49. The number of halogens is 2. The molecule has 0 saturated heterocycles. The summed E-state index contributed by atoms with van der Waals surface area (Å²) in [6.07, 6.45) is 0.292. The van der Waals surface area contributed by atoms with Gasteiger partial charge in [-0.1, -0.05) is 0 Å². The molecule has 0 unspecified atom stereocenters. The molecule has 0 fully saturated rings. The van der Waals surface area contributed by atoms with Crippen LogP contribution in [0.3, 0.4) is 0 Å². The number of carbonyl (C=O) groups is 1. The number of rotatable bonds is 2. The number of aldehydes is 1. The second kappa shape index (κ2) is 3.76. The van der Waals surface area contributed by atoms with Crippen LogP contribution in [0.15, 0.2) is 12.1 Å². The van der Waals surface area contributed by atoms with Gasteiger partial charge in [-0.3, -0.25) is 4.79 Å². The molecule has 13 heavy (non-hydrogen) atoms. The lowest BCUT2D eigenvalue weighted by atomic mass is 10.1. The first-order valence-electron chi connectivity index (χ1n) is 3.49. The van der Waals surface area contributed by atoms with Crippen LogP contribution >= 0.6 is 0 Å². The highest BCUT2D eigenvalue weighted by molar-refractivity contribution is 5.77. The van der Waals surface area contributed by atoms with Crippen molar-refractivity contribution in [3.05, 3.63) is 34.9 Å². The molecule has 0 aliphatic heterocycles. The van der Waals surface area contributed by atoms with Gasteiger partial charge in [0.25, 0.3) is 0 Å². The average Bonchev–Trinajstić information content (AvgIpc) is 2.11. The molecule has 0 atom stereocenters. The first kappa shape index (κ1) is 9.33. The minimum Gasteiger partial charge on any atom is -0.298 e. The fourth-order valence-corrected chi connectivity index (χ4v) is 0.951. The Labute approximate surface area is 73.4 Å². The van der Waals surface area contributed by atoms with E-state index in [1.807, 2.05) is 0 Å². The van der Waals surface area contributed by atoms with Crippen molar-refractivity contribution in [2.75, 3.05) is 0 Å². The van der Waals surface area contributed by atoms with Crippen LogP contribution in [0.25, 0.3) is 0 Å². The third kappa shape index (κ3) is 1.88. The molecule has 0 spiro atoms. The number of hydrogen-bond acceptors (Lipinski definition) is 2. The second-order valence-electron chi connectivity index (χ2n) is 2.42. The molecule has 0 aliphatic rings. The normalized spacial score (nSPS) is 9.31. The molecule has 0 bridgehead atoms. The van der Waals surface area contributed by atoms with Gasteiger partial charge < -0.3 is 0 Å². The van der Waals surface area contributed by atoms with E-state index < -0.39 is 11.6 Å². The molecule has 0 saturated carbocycles. The zero-order chi connectivity index (χ0) is 9.84. The minimum atomic E-state index is -1.08. The summed E-state index contributed by atoms with van der Waals surface area (Å²) in [4.78, 5) is 10.4. The topological polar surface area (TPSA) is 40.9 Å². The molecule has 1 aromatic carbocycles. The highest BCUT2D eigenvalue weighted by atomic mass is 19.2. The summed E-state index contributed by atoms with van der Waals surface area (Å²) in [5, 5.41) is 8.32. The van der Waals surface area contributed by atoms with Crippen LogP contribution in [0.5, 0.6) is 0 Å². The largest absolute Gasteiger partial charge is 0.298 e. The maximum Gasteiger partial charge on any atom is 0.159 e.